The van der Waals surface area contributed by atoms with Gasteiger partial charge in [0.15, 0.2) is 0 Å². The van der Waals surface area contributed by atoms with Crippen molar-refractivity contribution in [1.82, 2.24) is 10.2 Å². The number of hydrogen-bond donors (Lipinski definition) is 1. The molecule has 2 aliphatic heterocycles. The summed E-state index contributed by atoms with van der Waals surface area (Å²) in [7, 11) is 0. The van der Waals surface area contributed by atoms with Crippen LogP contribution in [-0.2, 0) is 4.74 Å². The molecule has 3 rings (SSSR count). The lowest BCUT2D eigenvalue weighted by atomic mass is 10.0. The molecule has 2 heterocycles. The molecule has 0 spiro atoms. The van der Waals surface area contributed by atoms with Crippen molar-refractivity contribution in [2.75, 3.05) is 32.8 Å². The predicted octanol–water partition coefficient (Wildman–Crippen LogP) is 2.13. The van der Waals surface area contributed by atoms with Gasteiger partial charge >= 0.3 is 0 Å². The Morgan fingerprint density at radius 1 is 1.36 bits per heavy atom. The zero-order chi connectivity index (χ0) is 17.8. The molecule has 1 amide bonds. The van der Waals surface area contributed by atoms with Gasteiger partial charge in [0.25, 0.3) is 11.6 Å². The first kappa shape index (κ1) is 17.8. The second kappa shape index (κ2) is 7.93. The highest BCUT2D eigenvalue weighted by Gasteiger charge is 2.25. The second-order valence-corrected chi connectivity index (χ2v) is 7.03. The first-order chi connectivity index (χ1) is 12.0. The zero-order valence-electron chi connectivity index (χ0n) is 14.6. The molecular formula is C18H25N3O4. The van der Waals surface area contributed by atoms with Gasteiger partial charge < -0.3 is 15.0 Å². The summed E-state index contributed by atoms with van der Waals surface area (Å²) in [6, 6.07) is 4.54. The third-order valence-corrected chi connectivity index (χ3v) is 5.14. The monoisotopic (exact) mass is 347 g/mol. The number of nitro groups is 1. The molecule has 2 aliphatic rings. The van der Waals surface area contributed by atoms with E-state index in [1.807, 2.05) is 0 Å². The number of aryl methyl sites for hydroxylation is 1. The Balaban J connectivity index is 1.52. The minimum atomic E-state index is -0.471. The molecule has 0 radical (unpaired) electrons. The summed E-state index contributed by atoms with van der Waals surface area (Å²) in [4.78, 5) is 25.4. The maximum absolute atomic E-state index is 12.5. The molecule has 0 bridgehead atoms. The number of benzene rings is 1. The van der Waals surface area contributed by atoms with E-state index in [9.17, 15) is 14.9 Å². The number of piperidine rings is 1. The van der Waals surface area contributed by atoms with Crippen LogP contribution in [0.5, 0.6) is 0 Å². The number of amides is 1. The fraction of sp³-hybridized carbons (Fsp3) is 0.611. The number of carbonyl (C=O) groups excluding carboxylic acids is 1. The van der Waals surface area contributed by atoms with Gasteiger partial charge in [0, 0.05) is 50.0 Å². The Hall–Kier alpha value is -1.99. The van der Waals surface area contributed by atoms with Crippen LogP contribution in [0.15, 0.2) is 18.2 Å². The van der Waals surface area contributed by atoms with Crippen molar-refractivity contribution < 1.29 is 14.5 Å². The summed E-state index contributed by atoms with van der Waals surface area (Å²) in [6.45, 7) is 6.54. The van der Waals surface area contributed by atoms with Crippen molar-refractivity contribution in [1.29, 1.82) is 0 Å². The molecule has 0 unspecified atom stereocenters. The number of nitrogens with one attached hydrogen (secondary N) is 1. The van der Waals surface area contributed by atoms with E-state index in [2.05, 4.69) is 10.2 Å². The fourth-order valence-corrected chi connectivity index (χ4v) is 3.58. The molecule has 0 aromatic heterocycles. The molecule has 1 N–H and O–H groups in total. The number of nitro benzene ring substituents is 1. The van der Waals surface area contributed by atoms with Crippen LogP contribution in [0.4, 0.5) is 5.69 Å². The minimum Gasteiger partial charge on any atom is -0.381 e. The summed E-state index contributed by atoms with van der Waals surface area (Å²) < 4.78 is 5.43. The lowest BCUT2D eigenvalue weighted by Crippen LogP contribution is -2.46. The average Bonchev–Trinajstić information content (AvgIpc) is 3.09. The van der Waals surface area contributed by atoms with E-state index in [-0.39, 0.29) is 17.6 Å². The van der Waals surface area contributed by atoms with Gasteiger partial charge in [0.1, 0.15) is 0 Å². The molecule has 2 fully saturated rings. The highest BCUT2D eigenvalue weighted by atomic mass is 16.6. The first-order valence-corrected chi connectivity index (χ1v) is 8.89. The van der Waals surface area contributed by atoms with Crippen LogP contribution in [0.3, 0.4) is 0 Å². The SMILES string of the molecule is Cc1ccc([N+](=O)[O-])cc1C(=O)NC1CCN(C[C@H]2CCOC2)CC1. The van der Waals surface area contributed by atoms with Crippen molar-refractivity contribution in [3.63, 3.8) is 0 Å². The Labute approximate surface area is 147 Å². The lowest BCUT2D eigenvalue weighted by Gasteiger charge is -2.33. The first-order valence-electron chi connectivity index (χ1n) is 8.89. The third kappa shape index (κ3) is 4.55. The third-order valence-electron chi connectivity index (χ3n) is 5.14. The number of ether oxygens (including phenoxy) is 1. The average molecular weight is 347 g/mol. The van der Waals surface area contributed by atoms with Gasteiger partial charge in [-0.15, -0.1) is 0 Å². The summed E-state index contributed by atoms with van der Waals surface area (Å²) in [6.07, 6.45) is 2.96. The molecule has 2 saturated heterocycles. The number of non-ortho nitro benzene ring substituents is 1. The number of rotatable bonds is 5. The Bertz CT molecular complexity index is 635. The molecule has 7 nitrogen and oxygen atoms in total. The molecule has 7 heteroatoms. The highest BCUT2D eigenvalue weighted by molar-refractivity contribution is 5.96. The van der Waals surface area contributed by atoms with Gasteiger partial charge in [0.05, 0.1) is 11.5 Å². The van der Waals surface area contributed by atoms with Gasteiger partial charge in [-0.05, 0) is 37.7 Å². The van der Waals surface area contributed by atoms with Gasteiger partial charge in [-0.2, -0.15) is 0 Å². The van der Waals surface area contributed by atoms with E-state index >= 15 is 0 Å². The van der Waals surface area contributed by atoms with E-state index in [0.717, 1.165) is 57.7 Å². The topological polar surface area (TPSA) is 84.7 Å². The van der Waals surface area contributed by atoms with E-state index in [1.54, 1.807) is 13.0 Å². The molecule has 1 aromatic rings. The molecule has 0 saturated carbocycles. The minimum absolute atomic E-state index is 0.0515. The molecule has 25 heavy (non-hydrogen) atoms. The second-order valence-electron chi connectivity index (χ2n) is 7.03. The van der Waals surface area contributed by atoms with Crippen molar-refractivity contribution in [3.8, 4) is 0 Å². The van der Waals surface area contributed by atoms with Crippen LogP contribution in [0.25, 0.3) is 0 Å². The Morgan fingerprint density at radius 3 is 2.76 bits per heavy atom. The van der Waals surface area contributed by atoms with Crippen molar-refractivity contribution >= 4 is 11.6 Å². The van der Waals surface area contributed by atoms with Crippen LogP contribution >= 0.6 is 0 Å². The molecular weight excluding hydrogens is 322 g/mol. The molecule has 1 atom stereocenters. The quantitative estimate of drug-likeness (QED) is 0.651. The largest absolute Gasteiger partial charge is 0.381 e. The van der Waals surface area contributed by atoms with Crippen LogP contribution < -0.4 is 5.32 Å². The van der Waals surface area contributed by atoms with Crippen LogP contribution in [0.1, 0.15) is 35.2 Å². The van der Waals surface area contributed by atoms with Gasteiger partial charge in [-0.25, -0.2) is 0 Å². The van der Waals surface area contributed by atoms with E-state index in [1.165, 1.54) is 12.1 Å². The predicted molar refractivity (Wildman–Crippen MR) is 93.7 cm³/mol. The summed E-state index contributed by atoms with van der Waals surface area (Å²) >= 11 is 0. The van der Waals surface area contributed by atoms with Crippen LogP contribution in [0, 0.1) is 23.0 Å². The summed E-state index contributed by atoms with van der Waals surface area (Å²) in [5.74, 6) is 0.419. The number of carbonyl (C=O) groups is 1. The smallest absolute Gasteiger partial charge is 0.270 e. The standard InChI is InChI=1S/C18H25N3O4/c1-13-2-3-16(21(23)24)10-17(13)18(22)19-15-4-7-20(8-5-15)11-14-6-9-25-12-14/h2-3,10,14-15H,4-9,11-12H2,1H3,(H,19,22)/t14-/m1/s1. The lowest BCUT2D eigenvalue weighted by molar-refractivity contribution is -0.384. The fourth-order valence-electron chi connectivity index (χ4n) is 3.58. The van der Waals surface area contributed by atoms with Crippen molar-refractivity contribution in [2.24, 2.45) is 5.92 Å². The van der Waals surface area contributed by atoms with E-state index < -0.39 is 4.92 Å². The maximum atomic E-state index is 12.5. The van der Waals surface area contributed by atoms with E-state index in [0.29, 0.717) is 11.5 Å². The molecule has 136 valence electrons. The number of likely N-dealkylation sites (tertiary alicyclic amines) is 1. The Morgan fingerprint density at radius 2 is 2.12 bits per heavy atom. The highest BCUT2D eigenvalue weighted by Crippen LogP contribution is 2.20. The summed E-state index contributed by atoms with van der Waals surface area (Å²) in [5.41, 5.74) is 1.09. The van der Waals surface area contributed by atoms with Crippen molar-refractivity contribution in [2.45, 2.75) is 32.2 Å². The van der Waals surface area contributed by atoms with Crippen molar-refractivity contribution in [3.05, 3.63) is 39.4 Å². The normalized spacial score (nSPS) is 22.0. The number of hydrogen-bond acceptors (Lipinski definition) is 5. The van der Waals surface area contributed by atoms with Gasteiger partial charge in [-0.3, -0.25) is 14.9 Å². The molecule has 1 aromatic carbocycles. The summed E-state index contributed by atoms with van der Waals surface area (Å²) in [5, 5.41) is 14.0. The van der Waals surface area contributed by atoms with Gasteiger partial charge in [-0.1, -0.05) is 6.07 Å². The van der Waals surface area contributed by atoms with Crippen LogP contribution in [0.2, 0.25) is 0 Å². The van der Waals surface area contributed by atoms with E-state index in [4.69, 9.17) is 4.74 Å². The Kier molecular flexibility index (Phi) is 5.65. The zero-order valence-corrected chi connectivity index (χ0v) is 14.6. The number of nitrogens with zero attached hydrogens (tertiary/aromatic N) is 2. The van der Waals surface area contributed by atoms with Gasteiger partial charge in [0.2, 0.25) is 0 Å². The molecule has 0 aliphatic carbocycles. The maximum Gasteiger partial charge on any atom is 0.270 e. The van der Waals surface area contributed by atoms with Crippen LogP contribution in [-0.4, -0.2) is 54.6 Å².